The third-order valence-electron chi connectivity index (χ3n) is 5.03. The number of benzene rings is 1. The number of aromatic nitrogens is 3. The number of hydrogen-bond acceptors (Lipinski definition) is 2. The minimum absolute atomic E-state index is 0.0166. The van der Waals surface area contributed by atoms with E-state index in [1.165, 1.54) is 32.1 Å². The number of H-pyrrole nitrogens is 2. The summed E-state index contributed by atoms with van der Waals surface area (Å²) in [7, 11) is 0. The van der Waals surface area contributed by atoms with Crippen molar-refractivity contribution >= 4 is 16.8 Å². The zero-order chi connectivity index (χ0) is 16.4. The lowest BCUT2D eigenvalue weighted by Crippen LogP contribution is -2.30. The summed E-state index contributed by atoms with van der Waals surface area (Å²) in [6.07, 6.45) is 11.9. The SMILES string of the molecule is O=C(NCC1CCCCC1)c1c[nH]c2cc(-c3cn[nH]c3)ccc12. The van der Waals surface area contributed by atoms with Crippen LogP contribution in [0, 0.1) is 5.92 Å². The number of aromatic amines is 2. The summed E-state index contributed by atoms with van der Waals surface area (Å²) in [5.41, 5.74) is 3.80. The molecule has 3 N–H and O–H groups in total. The number of hydrogen-bond donors (Lipinski definition) is 3. The molecule has 1 aliphatic carbocycles. The lowest BCUT2D eigenvalue weighted by Gasteiger charge is -2.21. The third kappa shape index (κ3) is 2.94. The Balaban J connectivity index is 1.50. The van der Waals surface area contributed by atoms with E-state index < -0.39 is 0 Å². The Hall–Kier alpha value is -2.56. The average Bonchev–Trinajstić information content (AvgIpc) is 3.29. The van der Waals surface area contributed by atoms with Gasteiger partial charge in [-0.15, -0.1) is 0 Å². The van der Waals surface area contributed by atoms with Gasteiger partial charge in [-0.3, -0.25) is 9.89 Å². The Morgan fingerprint density at radius 3 is 2.83 bits per heavy atom. The lowest BCUT2D eigenvalue weighted by molar-refractivity contribution is 0.0945. The van der Waals surface area contributed by atoms with Crippen LogP contribution in [0.4, 0.5) is 0 Å². The molecule has 0 aliphatic heterocycles. The molecule has 2 heterocycles. The Labute approximate surface area is 140 Å². The quantitative estimate of drug-likeness (QED) is 0.682. The molecule has 0 unspecified atom stereocenters. The molecule has 5 nitrogen and oxygen atoms in total. The molecule has 4 rings (SSSR count). The zero-order valence-electron chi connectivity index (χ0n) is 13.6. The molecule has 0 atom stereocenters. The van der Waals surface area contributed by atoms with Gasteiger partial charge in [0, 0.05) is 35.4 Å². The van der Waals surface area contributed by atoms with E-state index in [2.05, 4.69) is 26.6 Å². The Morgan fingerprint density at radius 2 is 2.04 bits per heavy atom. The third-order valence-corrected chi connectivity index (χ3v) is 5.03. The van der Waals surface area contributed by atoms with Crippen molar-refractivity contribution in [2.75, 3.05) is 6.54 Å². The molecular weight excluding hydrogens is 300 g/mol. The molecule has 2 aromatic heterocycles. The van der Waals surface area contributed by atoms with Crippen LogP contribution in [0.2, 0.25) is 0 Å². The first-order valence-corrected chi connectivity index (χ1v) is 8.70. The average molecular weight is 322 g/mol. The van der Waals surface area contributed by atoms with Crippen molar-refractivity contribution in [3.63, 3.8) is 0 Å². The van der Waals surface area contributed by atoms with Gasteiger partial charge >= 0.3 is 0 Å². The van der Waals surface area contributed by atoms with E-state index in [1.807, 2.05) is 18.3 Å². The molecule has 0 bridgehead atoms. The standard InChI is InChI=1S/C19H22N4O/c24-19(21-9-13-4-2-1-3-5-13)17-12-20-18-8-14(6-7-16(17)18)15-10-22-23-11-15/h6-8,10-13,20H,1-5,9H2,(H,21,24)(H,22,23). The van der Waals surface area contributed by atoms with Gasteiger partial charge in [-0.05, 0) is 30.4 Å². The molecule has 1 saturated carbocycles. The fourth-order valence-corrected chi connectivity index (χ4v) is 3.63. The molecule has 1 aliphatic rings. The summed E-state index contributed by atoms with van der Waals surface area (Å²) in [5, 5.41) is 10.9. The number of nitrogens with one attached hydrogen (secondary N) is 3. The summed E-state index contributed by atoms with van der Waals surface area (Å²) in [5.74, 6) is 0.656. The van der Waals surface area contributed by atoms with Gasteiger partial charge in [0.05, 0.1) is 11.8 Å². The molecule has 5 heteroatoms. The van der Waals surface area contributed by atoms with Gasteiger partial charge in [0.1, 0.15) is 0 Å². The van der Waals surface area contributed by atoms with Gasteiger partial charge in [-0.25, -0.2) is 0 Å². The van der Waals surface area contributed by atoms with Gasteiger partial charge in [0.2, 0.25) is 0 Å². The van der Waals surface area contributed by atoms with Gasteiger partial charge in [-0.2, -0.15) is 5.10 Å². The fourth-order valence-electron chi connectivity index (χ4n) is 3.63. The summed E-state index contributed by atoms with van der Waals surface area (Å²) in [4.78, 5) is 15.7. The molecule has 1 amide bonds. The molecule has 1 aromatic carbocycles. The normalized spacial score (nSPS) is 15.7. The molecule has 3 aromatic rings. The summed E-state index contributed by atoms with van der Waals surface area (Å²) >= 11 is 0. The molecular formula is C19H22N4O. The predicted octanol–water partition coefficient (Wildman–Crippen LogP) is 3.87. The highest BCUT2D eigenvalue weighted by Crippen LogP contribution is 2.26. The van der Waals surface area contributed by atoms with Crippen molar-refractivity contribution in [3.8, 4) is 11.1 Å². The van der Waals surface area contributed by atoms with E-state index in [1.54, 1.807) is 12.4 Å². The maximum absolute atomic E-state index is 12.5. The first-order chi connectivity index (χ1) is 11.8. The number of rotatable bonds is 4. The number of carbonyl (C=O) groups excluding carboxylic acids is 1. The second kappa shape index (κ2) is 6.51. The Kier molecular flexibility index (Phi) is 4.07. The maximum Gasteiger partial charge on any atom is 0.253 e. The van der Waals surface area contributed by atoms with E-state index in [9.17, 15) is 4.79 Å². The summed E-state index contributed by atoms with van der Waals surface area (Å²) < 4.78 is 0. The Morgan fingerprint density at radius 1 is 1.17 bits per heavy atom. The van der Waals surface area contributed by atoms with E-state index >= 15 is 0 Å². The van der Waals surface area contributed by atoms with Crippen LogP contribution in [0.1, 0.15) is 42.5 Å². The van der Waals surface area contributed by atoms with Crippen molar-refractivity contribution in [1.29, 1.82) is 0 Å². The first kappa shape index (κ1) is 15.0. The molecule has 24 heavy (non-hydrogen) atoms. The van der Waals surface area contributed by atoms with Crippen molar-refractivity contribution in [2.24, 2.45) is 5.92 Å². The highest BCUT2D eigenvalue weighted by atomic mass is 16.1. The summed E-state index contributed by atoms with van der Waals surface area (Å²) in [6.45, 7) is 0.790. The maximum atomic E-state index is 12.5. The van der Waals surface area contributed by atoms with Crippen LogP contribution in [-0.2, 0) is 0 Å². The van der Waals surface area contributed by atoms with Gasteiger partial charge in [0.25, 0.3) is 5.91 Å². The number of amides is 1. The molecule has 0 radical (unpaired) electrons. The highest BCUT2D eigenvalue weighted by molar-refractivity contribution is 6.07. The minimum atomic E-state index is 0.0166. The van der Waals surface area contributed by atoms with E-state index in [4.69, 9.17) is 0 Å². The van der Waals surface area contributed by atoms with Gasteiger partial charge in [-0.1, -0.05) is 31.4 Å². The van der Waals surface area contributed by atoms with Crippen LogP contribution < -0.4 is 5.32 Å². The fraction of sp³-hybridized carbons (Fsp3) is 0.368. The second-order valence-electron chi connectivity index (χ2n) is 6.66. The first-order valence-electron chi connectivity index (χ1n) is 8.70. The van der Waals surface area contributed by atoms with Crippen LogP contribution in [0.15, 0.2) is 36.8 Å². The van der Waals surface area contributed by atoms with E-state index in [-0.39, 0.29) is 5.91 Å². The largest absolute Gasteiger partial charge is 0.360 e. The van der Waals surface area contributed by atoms with Crippen molar-refractivity contribution in [3.05, 3.63) is 42.4 Å². The van der Waals surface area contributed by atoms with E-state index in [0.717, 1.165) is 34.1 Å². The van der Waals surface area contributed by atoms with Crippen molar-refractivity contribution < 1.29 is 4.79 Å². The number of fused-ring (bicyclic) bond motifs is 1. The van der Waals surface area contributed by atoms with Gasteiger partial charge < -0.3 is 10.3 Å². The summed E-state index contributed by atoms with van der Waals surface area (Å²) in [6, 6.07) is 6.08. The molecule has 1 fully saturated rings. The number of nitrogens with zero attached hydrogens (tertiary/aromatic N) is 1. The monoisotopic (exact) mass is 322 g/mol. The van der Waals surface area contributed by atoms with E-state index in [0.29, 0.717) is 5.92 Å². The topological polar surface area (TPSA) is 73.6 Å². The molecule has 124 valence electrons. The van der Waals surface area contributed by atoms with Gasteiger partial charge in [0.15, 0.2) is 0 Å². The van der Waals surface area contributed by atoms with Crippen LogP contribution in [0.3, 0.4) is 0 Å². The van der Waals surface area contributed by atoms with Crippen LogP contribution in [0.5, 0.6) is 0 Å². The highest BCUT2D eigenvalue weighted by Gasteiger charge is 2.17. The zero-order valence-corrected chi connectivity index (χ0v) is 13.6. The Bertz CT molecular complexity index is 828. The minimum Gasteiger partial charge on any atom is -0.360 e. The lowest BCUT2D eigenvalue weighted by atomic mass is 9.89. The van der Waals surface area contributed by atoms with Crippen molar-refractivity contribution in [1.82, 2.24) is 20.5 Å². The van der Waals surface area contributed by atoms with Crippen LogP contribution >= 0.6 is 0 Å². The smallest absolute Gasteiger partial charge is 0.253 e. The van der Waals surface area contributed by atoms with Crippen molar-refractivity contribution in [2.45, 2.75) is 32.1 Å². The second-order valence-corrected chi connectivity index (χ2v) is 6.66. The number of carbonyl (C=O) groups is 1. The molecule has 0 spiro atoms. The molecule has 0 saturated heterocycles. The van der Waals surface area contributed by atoms with Crippen LogP contribution in [0.25, 0.3) is 22.0 Å². The predicted molar refractivity (Wildman–Crippen MR) is 94.8 cm³/mol. The van der Waals surface area contributed by atoms with Crippen LogP contribution in [-0.4, -0.2) is 27.6 Å².